The number of hydrogen-bond donors (Lipinski definition) is 1. The van der Waals surface area contributed by atoms with Crippen molar-refractivity contribution in [3.05, 3.63) is 71.7 Å². The van der Waals surface area contributed by atoms with Crippen LogP contribution in [0.4, 0.5) is 10.2 Å². The maximum absolute atomic E-state index is 14.4. The molecule has 0 radical (unpaired) electrons. The maximum Gasteiger partial charge on any atom is 0.234 e. The average molecular weight is 389 g/mol. The molecule has 1 fully saturated rings. The van der Waals surface area contributed by atoms with E-state index in [0.29, 0.717) is 23.9 Å². The molecule has 4 aromatic rings. The minimum atomic E-state index is -0.268. The first kappa shape index (κ1) is 17.6. The van der Waals surface area contributed by atoms with Crippen molar-refractivity contribution in [3.8, 4) is 5.95 Å². The molecule has 0 bridgehead atoms. The third-order valence-corrected chi connectivity index (χ3v) is 5.14. The monoisotopic (exact) mass is 389 g/mol. The minimum Gasteiger partial charge on any atom is -0.310 e. The van der Waals surface area contributed by atoms with Gasteiger partial charge in [-0.3, -0.25) is 4.79 Å². The Labute approximate surface area is 167 Å². The van der Waals surface area contributed by atoms with Crippen molar-refractivity contribution < 1.29 is 9.18 Å². The fourth-order valence-corrected chi connectivity index (χ4v) is 3.49. The summed E-state index contributed by atoms with van der Waals surface area (Å²) in [7, 11) is 0. The molecule has 2 aromatic heterocycles. The lowest BCUT2D eigenvalue weighted by molar-refractivity contribution is -0.117. The highest BCUT2D eigenvalue weighted by Crippen LogP contribution is 2.31. The zero-order valence-electron chi connectivity index (χ0n) is 16.0. The molecule has 146 valence electrons. The van der Waals surface area contributed by atoms with E-state index < -0.39 is 0 Å². The van der Waals surface area contributed by atoms with Gasteiger partial charge in [-0.15, -0.1) is 0 Å². The van der Waals surface area contributed by atoms with Crippen LogP contribution in [0.15, 0.2) is 54.6 Å². The molecule has 0 aliphatic heterocycles. The van der Waals surface area contributed by atoms with E-state index in [1.165, 1.54) is 6.07 Å². The number of amides is 1. The van der Waals surface area contributed by atoms with E-state index in [2.05, 4.69) is 10.4 Å². The molecule has 2 aromatic carbocycles. The predicted octanol–water partition coefficient (Wildman–Crippen LogP) is 4.07. The molecule has 0 spiro atoms. The summed E-state index contributed by atoms with van der Waals surface area (Å²) in [4.78, 5) is 17.1. The van der Waals surface area contributed by atoms with Crippen molar-refractivity contribution in [2.24, 2.45) is 5.92 Å². The third kappa shape index (κ3) is 3.29. The van der Waals surface area contributed by atoms with E-state index >= 15 is 0 Å². The highest BCUT2D eigenvalue weighted by atomic mass is 19.1. The molecule has 6 nitrogen and oxygen atoms in total. The minimum absolute atomic E-state index is 0.00270. The highest BCUT2D eigenvalue weighted by molar-refractivity contribution is 5.93. The number of rotatable bonds is 5. The van der Waals surface area contributed by atoms with Gasteiger partial charge in [0.2, 0.25) is 11.9 Å². The van der Waals surface area contributed by atoms with E-state index in [0.717, 1.165) is 29.6 Å². The fraction of sp³-hybridized carbons (Fsp3) is 0.227. The van der Waals surface area contributed by atoms with Crippen molar-refractivity contribution in [3.63, 3.8) is 0 Å². The lowest BCUT2D eigenvalue weighted by atomic mass is 10.2. The van der Waals surface area contributed by atoms with Crippen LogP contribution in [0, 0.1) is 18.7 Å². The average Bonchev–Trinajstić information content (AvgIpc) is 3.42. The molecule has 1 amide bonds. The first-order chi connectivity index (χ1) is 14.1. The topological polar surface area (TPSA) is 64.7 Å². The van der Waals surface area contributed by atoms with E-state index in [-0.39, 0.29) is 17.6 Å². The Balaban J connectivity index is 1.64. The summed E-state index contributed by atoms with van der Waals surface area (Å²) in [5.74, 6) is 0.923. The molecule has 5 rings (SSSR count). The summed E-state index contributed by atoms with van der Waals surface area (Å²) in [5.41, 5.74) is 2.98. The second-order valence-corrected chi connectivity index (χ2v) is 7.42. The maximum atomic E-state index is 14.4. The second kappa shape index (κ2) is 6.84. The number of benzene rings is 2. The van der Waals surface area contributed by atoms with Crippen molar-refractivity contribution in [2.45, 2.75) is 26.3 Å². The Bertz CT molecular complexity index is 1220. The van der Waals surface area contributed by atoms with Gasteiger partial charge in [0.15, 0.2) is 0 Å². The Kier molecular flexibility index (Phi) is 4.16. The standard InChI is InChI=1S/C22H20FN5O/c1-14-12-20(25-21(29)15-10-11-15)28(26-14)22-24-18-8-4-5-9-19(18)27(22)13-16-6-2-3-7-17(16)23/h2-9,12,15H,10-11,13H2,1H3,(H,25,29). The van der Waals surface area contributed by atoms with Crippen LogP contribution in [0.3, 0.4) is 0 Å². The third-order valence-electron chi connectivity index (χ3n) is 5.14. The van der Waals surface area contributed by atoms with Gasteiger partial charge in [0.25, 0.3) is 0 Å². The van der Waals surface area contributed by atoms with Gasteiger partial charge in [0, 0.05) is 17.5 Å². The summed E-state index contributed by atoms with van der Waals surface area (Å²) in [6.07, 6.45) is 1.84. The number of carbonyl (C=O) groups is 1. The van der Waals surface area contributed by atoms with E-state index in [1.807, 2.05) is 47.9 Å². The number of nitrogens with one attached hydrogen (secondary N) is 1. The van der Waals surface area contributed by atoms with Gasteiger partial charge < -0.3 is 9.88 Å². The van der Waals surface area contributed by atoms with Crippen LogP contribution in [-0.4, -0.2) is 25.2 Å². The first-order valence-corrected chi connectivity index (χ1v) is 9.67. The number of halogens is 1. The van der Waals surface area contributed by atoms with Crippen molar-refractivity contribution in [2.75, 3.05) is 5.32 Å². The van der Waals surface area contributed by atoms with Crippen LogP contribution in [0.5, 0.6) is 0 Å². The Morgan fingerprint density at radius 3 is 2.72 bits per heavy atom. The van der Waals surface area contributed by atoms with Gasteiger partial charge in [-0.25, -0.2) is 9.37 Å². The summed E-state index contributed by atoms with van der Waals surface area (Å²) in [6, 6.07) is 16.2. The molecule has 1 aliphatic carbocycles. The highest BCUT2D eigenvalue weighted by Gasteiger charge is 2.30. The number of nitrogens with zero attached hydrogens (tertiary/aromatic N) is 4. The number of aryl methyl sites for hydroxylation is 1. The summed E-state index contributed by atoms with van der Waals surface area (Å²) in [6.45, 7) is 2.17. The quantitative estimate of drug-likeness (QED) is 0.560. The predicted molar refractivity (Wildman–Crippen MR) is 108 cm³/mol. The molecule has 1 saturated carbocycles. The van der Waals surface area contributed by atoms with Crippen LogP contribution in [-0.2, 0) is 11.3 Å². The fourth-order valence-electron chi connectivity index (χ4n) is 3.49. The molecule has 7 heteroatoms. The number of fused-ring (bicyclic) bond motifs is 1. The molecule has 2 heterocycles. The number of carbonyl (C=O) groups excluding carboxylic acids is 1. The normalized spacial score (nSPS) is 13.7. The SMILES string of the molecule is Cc1cc(NC(=O)C2CC2)n(-c2nc3ccccc3n2Cc2ccccc2F)n1. The molecular weight excluding hydrogens is 369 g/mol. The number of hydrogen-bond acceptors (Lipinski definition) is 3. The summed E-state index contributed by atoms with van der Waals surface area (Å²) >= 11 is 0. The van der Waals surface area contributed by atoms with E-state index in [1.54, 1.807) is 16.8 Å². The van der Waals surface area contributed by atoms with Crippen molar-refractivity contribution >= 4 is 22.8 Å². The largest absolute Gasteiger partial charge is 0.310 e. The molecular formula is C22H20FN5O. The molecule has 0 unspecified atom stereocenters. The van der Waals surface area contributed by atoms with E-state index in [4.69, 9.17) is 4.98 Å². The number of aromatic nitrogens is 4. The zero-order valence-corrected chi connectivity index (χ0v) is 16.0. The molecule has 1 aliphatic rings. The number of para-hydroxylation sites is 2. The molecule has 0 atom stereocenters. The molecule has 29 heavy (non-hydrogen) atoms. The smallest absolute Gasteiger partial charge is 0.234 e. The van der Waals surface area contributed by atoms with Crippen LogP contribution in [0.25, 0.3) is 17.0 Å². The van der Waals surface area contributed by atoms with Gasteiger partial charge in [-0.1, -0.05) is 30.3 Å². The summed E-state index contributed by atoms with van der Waals surface area (Å²) < 4.78 is 17.9. The lowest BCUT2D eigenvalue weighted by Gasteiger charge is -2.12. The van der Waals surface area contributed by atoms with Gasteiger partial charge >= 0.3 is 0 Å². The Morgan fingerprint density at radius 1 is 1.17 bits per heavy atom. The van der Waals surface area contributed by atoms with Crippen LogP contribution < -0.4 is 5.32 Å². The first-order valence-electron chi connectivity index (χ1n) is 9.67. The van der Waals surface area contributed by atoms with Crippen molar-refractivity contribution in [1.29, 1.82) is 0 Å². The second-order valence-electron chi connectivity index (χ2n) is 7.42. The summed E-state index contributed by atoms with van der Waals surface area (Å²) in [5, 5.41) is 7.53. The zero-order chi connectivity index (χ0) is 20.0. The van der Waals surface area contributed by atoms with Crippen LogP contribution in [0.2, 0.25) is 0 Å². The van der Waals surface area contributed by atoms with Crippen LogP contribution >= 0.6 is 0 Å². The Hall–Kier alpha value is -3.48. The van der Waals surface area contributed by atoms with E-state index in [9.17, 15) is 9.18 Å². The molecule has 1 N–H and O–H groups in total. The Morgan fingerprint density at radius 2 is 1.93 bits per heavy atom. The van der Waals surface area contributed by atoms with Crippen LogP contribution in [0.1, 0.15) is 24.1 Å². The van der Waals surface area contributed by atoms with Crippen molar-refractivity contribution in [1.82, 2.24) is 19.3 Å². The van der Waals surface area contributed by atoms with Gasteiger partial charge in [0.05, 0.1) is 23.3 Å². The number of imidazole rings is 1. The lowest BCUT2D eigenvalue weighted by Crippen LogP contribution is -2.18. The van der Waals surface area contributed by atoms with Gasteiger partial charge in [-0.05, 0) is 38.0 Å². The molecule has 0 saturated heterocycles. The van der Waals surface area contributed by atoms with Gasteiger partial charge in [0.1, 0.15) is 11.6 Å². The number of anilines is 1. The van der Waals surface area contributed by atoms with Gasteiger partial charge in [-0.2, -0.15) is 9.78 Å².